The number of methoxy groups -OCH3 is 1. The first-order valence-corrected chi connectivity index (χ1v) is 8.80. The molecule has 0 aliphatic heterocycles. The van der Waals surface area contributed by atoms with E-state index in [9.17, 15) is 4.79 Å². The van der Waals surface area contributed by atoms with Crippen LogP contribution in [0, 0.1) is 0 Å². The van der Waals surface area contributed by atoms with Gasteiger partial charge < -0.3 is 9.15 Å². The minimum Gasteiger partial charge on any atom is -0.465 e. The van der Waals surface area contributed by atoms with Crippen LogP contribution in [0.1, 0.15) is 38.8 Å². The van der Waals surface area contributed by atoms with Gasteiger partial charge in [0.2, 0.25) is 11.8 Å². The Hall–Kier alpha value is -3.55. The number of benzene rings is 2. The molecule has 0 amide bonds. The molecule has 3 rings (SSSR count). The Morgan fingerprint density at radius 2 is 1.41 bits per heavy atom. The molecule has 0 atom stereocenters. The molecule has 0 saturated carbocycles. The van der Waals surface area contributed by atoms with Gasteiger partial charge in [-0.05, 0) is 41.0 Å². The zero-order valence-corrected chi connectivity index (χ0v) is 16.1. The summed E-state index contributed by atoms with van der Waals surface area (Å²) in [6.07, 6.45) is 7.16. The maximum absolute atomic E-state index is 11.4. The van der Waals surface area contributed by atoms with E-state index < -0.39 is 0 Å². The van der Waals surface area contributed by atoms with Crippen LogP contribution in [0.5, 0.6) is 0 Å². The summed E-state index contributed by atoms with van der Waals surface area (Å²) in [6, 6.07) is 14.8. The third-order valence-electron chi connectivity index (χ3n) is 3.95. The lowest BCUT2D eigenvalue weighted by atomic mass is 10.1. The predicted octanol–water partition coefficient (Wildman–Crippen LogP) is 4.28. The van der Waals surface area contributed by atoms with E-state index in [1.54, 1.807) is 36.4 Å². The fraction of sp³-hybridized carbons (Fsp3) is 0.136. The second-order valence-electron chi connectivity index (χ2n) is 5.93. The molecular formula is C22H20N2O5. The fourth-order valence-electron chi connectivity index (χ4n) is 2.42. The van der Waals surface area contributed by atoms with Crippen LogP contribution >= 0.6 is 0 Å². The minimum atomic E-state index is -0.369. The Bertz CT molecular complexity index is 989. The highest BCUT2D eigenvalue weighted by molar-refractivity contribution is 5.89. The van der Waals surface area contributed by atoms with Gasteiger partial charge in [-0.2, -0.15) is 0 Å². The molecule has 0 N–H and O–H groups in total. The van der Waals surface area contributed by atoms with E-state index >= 15 is 0 Å². The van der Waals surface area contributed by atoms with Gasteiger partial charge in [0.25, 0.3) is 0 Å². The normalized spacial score (nSPS) is 11.4. The van der Waals surface area contributed by atoms with E-state index in [2.05, 4.69) is 19.8 Å². The van der Waals surface area contributed by atoms with Gasteiger partial charge in [0, 0.05) is 12.2 Å². The number of rotatable bonds is 8. The Morgan fingerprint density at radius 3 is 1.93 bits per heavy atom. The van der Waals surface area contributed by atoms with Crippen molar-refractivity contribution in [1.82, 2.24) is 10.2 Å². The van der Waals surface area contributed by atoms with Gasteiger partial charge in [0.1, 0.15) is 6.61 Å². The van der Waals surface area contributed by atoms with Gasteiger partial charge in [-0.1, -0.05) is 36.4 Å². The third-order valence-corrected chi connectivity index (χ3v) is 3.95. The van der Waals surface area contributed by atoms with Gasteiger partial charge >= 0.3 is 5.97 Å². The molecule has 148 valence electrons. The highest BCUT2D eigenvalue weighted by Crippen LogP contribution is 2.13. The number of carbonyl (C=O) groups is 1. The number of hydrogen-bond donors (Lipinski definition) is 0. The van der Waals surface area contributed by atoms with Crippen LogP contribution in [0.2, 0.25) is 0 Å². The van der Waals surface area contributed by atoms with Crippen molar-refractivity contribution < 1.29 is 23.7 Å². The summed E-state index contributed by atoms with van der Waals surface area (Å²) in [6.45, 7) is 0.394. The van der Waals surface area contributed by atoms with Crippen LogP contribution in [0.4, 0.5) is 0 Å². The fourth-order valence-corrected chi connectivity index (χ4v) is 2.42. The van der Waals surface area contributed by atoms with Gasteiger partial charge in [-0.15, -0.1) is 10.2 Å². The van der Waals surface area contributed by atoms with Gasteiger partial charge in [-0.3, -0.25) is 0 Å². The van der Waals surface area contributed by atoms with Crippen molar-refractivity contribution >= 4 is 30.3 Å². The van der Waals surface area contributed by atoms with Crippen molar-refractivity contribution in [2.24, 2.45) is 0 Å². The summed E-state index contributed by atoms with van der Waals surface area (Å²) >= 11 is 0. The van der Waals surface area contributed by atoms with Crippen molar-refractivity contribution in [2.45, 2.75) is 6.61 Å². The maximum atomic E-state index is 11.4. The monoisotopic (exact) mass is 392 g/mol. The highest BCUT2D eigenvalue weighted by Gasteiger charge is 2.04. The molecule has 0 aliphatic rings. The van der Waals surface area contributed by atoms with Crippen LogP contribution in [-0.2, 0) is 21.1 Å². The van der Waals surface area contributed by atoms with E-state index in [0.717, 1.165) is 16.7 Å². The number of esters is 1. The van der Waals surface area contributed by atoms with Gasteiger partial charge in [0.15, 0.2) is 0 Å². The summed E-state index contributed by atoms with van der Waals surface area (Å²) in [5.41, 5.74) is 3.39. The predicted molar refractivity (Wildman–Crippen MR) is 108 cm³/mol. The molecule has 0 unspecified atom stereocenters. The number of nitrogens with zero attached hydrogens (tertiary/aromatic N) is 2. The van der Waals surface area contributed by atoms with Gasteiger partial charge in [-0.25, -0.2) is 14.6 Å². The van der Waals surface area contributed by atoms with E-state index in [0.29, 0.717) is 24.0 Å². The second kappa shape index (κ2) is 10.1. The lowest BCUT2D eigenvalue weighted by molar-refractivity contribution is -0.282. The molecule has 0 bridgehead atoms. The highest BCUT2D eigenvalue weighted by atomic mass is 17.2. The van der Waals surface area contributed by atoms with Crippen LogP contribution in [0.25, 0.3) is 24.3 Å². The molecule has 0 saturated heterocycles. The summed E-state index contributed by atoms with van der Waals surface area (Å²) in [5, 5.41) is 7.99. The maximum Gasteiger partial charge on any atom is 0.337 e. The summed E-state index contributed by atoms with van der Waals surface area (Å²) in [4.78, 5) is 20.9. The third kappa shape index (κ3) is 5.97. The van der Waals surface area contributed by atoms with Crippen molar-refractivity contribution in [3.8, 4) is 0 Å². The van der Waals surface area contributed by atoms with E-state index in [4.69, 9.17) is 9.30 Å². The first-order chi connectivity index (χ1) is 14.2. The van der Waals surface area contributed by atoms with Crippen LogP contribution < -0.4 is 0 Å². The second-order valence-corrected chi connectivity index (χ2v) is 5.93. The molecular weight excluding hydrogens is 372 g/mol. The molecule has 7 nitrogen and oxygen atoms in total. The lowest BCUT2D eigenvalue weighted by Crippen LogP contribution is -2.00. The Kier molecular flexibility index (Phi) is 7.05. The van der Waals surface area contributed by atoms with Crippen molar-refractivity contribution in [2.75, 3.05) is 14.2 Å². The number of hydrogen-bond acceptors (Lipinski definition) is 7. The zero-order chi connectivity index (χ0) is 20.5. The smallest absolute Gasteiger partial charge is 0.337 e. The largest absolute Gasteiger partial charge is 0.465 e. The van der Waals surface area contributed by atoms with Crippen molar-refractivity contribution in [3.05, 3.63) is 82.6 Å². The van der Waals surface area contributed by atoms with Gasteiger partial charge in [0.05, 0.1) is 19.8 Å². The number of ether oxygens (including phenoxy) is 1. The zero-order valence-electron chi connectivity index (χ0n) is 16.1. The first kappa shape index (κ1) is 20.2. The molecule has 1 heterocycles. The van der Waals surface area contributed by atoms with E-state index in [1.807, 2.05) is 36.4 Å². The molecule has 0 aliphatic carbocycles. The molecule has 29 heavy (non-hydrogen) atoms. The Labute approximate surface area is 168 Å². The number of carbonyl (C=O) groups excluding carboxylic acids is 1. The molecule has 0 radical (unpaired) electrons. The summed E-state index contributed by atoms with van der Waals surface area (Å²) in [7, 11) is 2.83. The van der Waals surface area contributed by atoms with E-state index in [-0.39, 0.29) is 5.97 Å². The quantitative estimate of drug-likeness (QED) is 0.321. The molecule has 3 aromatic rings. The van der Waals surface area contributed by atoms with Crippen LogP contribution in [-0.4, -0.2) is 30.4 Å². The average molecular weight is 392 g/mol. The summed E-state index contributed by atoms with van der Waals surface area (Å²) in [5.74, 6) is 0.415. The lowest BCUT2D eigenvalue weighted by Gasteiger charge is -2.00. The van der Waals surface area contributed by atoms with Crippen molar-refractivity contribution in [3.63, 3.8) is 0 Å². The Morgan fingerprint density at radius 1 is 0.862 bits per heavy atom. The molecule has 0 fully saturated rings. The van der Waals surface area contributed by atoms with E-state index in [1.165, 1.54) is 14.2 Å². The average Bonchev–Trinajstić information content (AvgIpc) is 3.23. The first-order valence-electron chi connectivity index (χ1n) is 8.80. The topological polar surface area (TPSA) is 83.7 Å². The summed E-state index contributed by atoms with van der Waals surface area (Å²) < 4.78 is 10.3. The SMILES string of the molecule is COOCc1ccc(C=Cc2nnc(C=Cc3ccc(C(=O)OC)cc3)o2)cc1. The van der Waals surface area contributed by atoms with Crippen molar-refractivity contribution in [1.29, 1.82) is 0 Å². The Balaban J connectivity index is 1.59. The molecule has 1 aromatic heterocycles. The van der Waals surface area contributed by atoms with Crippen LogP contribution in [0.15, 0.2) is 52.9 Å². The molecule has 2 aromatic carbocycles. The standard InChI is InChI=1S/C22H20N2O5/c1-26-22(25)19-11-7-17(8-12-19)10-14-21-24-23-20(29-21)13-9-16-3-5-18(6-4-16)15-28-27-2/h3-14H,15H2,1-2H3. The number of aromatic nitrogens is 2. The minimum absolute atomic E-state index is 0.369. The molecule has 0 spiro atoms. The molecule has 7 heteroatoms. The van der Waals surface area contributed by atoms with Crippen LogP contribution in [0.3, 0.4) is 0 Å².